The zero-order chi connectivity index (χ0) is 14.9. The van der Waals surface area contributed by atoms with Gasteiger partial charge in [-0.1, -0.05) is 18.2 Å². The van der Waals surface area contributed by atoms with Gasteiger partial charge in [0.15, 0.2) is 0 Å². The van der Waals surface area contributed by atoms with Gasteiger partial charge in [0.25, 0.3) is 5.69 Å². The van der Waals surface area contributed by atoms with E-state index < -0.39 is 0 Å². The van der Waals surface area contributed by atoms with Gasteiger partial charge in [-0.05, 0) is 32.8 Å². The van der Waals surface area contributed by atoms with Crippen molar-refractivity contribution in [2.75, 3.05) is 0 Å². The van der Waals surface area contributed by atoms with Crippen LogP contribution in [0.15, 0.2) is 28.7 Å². The second kappa shape index (κ2) is 5.67. The zero-order valence-corrected chi connectivity index (χ0v) is 12.4. The van der Waals surface area contributed by atoms with Crippen LogP contribution in [-0.4, -0.2) is 4.92 Å². The molecule has 1 atom stereocenters. The predicted molar refractivity (Wildman–Crippen MR) is 78.3 cm³/mol. The topological polar surface area (TPSA) is 56.3 Å². The van der Waals surface area contributed by atoms with Crippen molar-refractivity contribution in [3.63, 3.8) is 0 Å². The van der Waals surface area contributed by atoms with E-state index in [1.807, 2.05) is 20.8 Å². The van der Waals surface area contributed by atoms with Crippen LogP contribution in [0.3, 0.4) is 0 Å². The standard InChI is InChI=1S/C15H16ClNO3/c1-9-10(2)20-11(3)15(9)13(16)8-12-6-4-5-7-14(12)17(18)19/h4-7,13H,8H2,1-3H3. The first-order valence-electron chi connectivity index (χ1n) is 6.34. The smallest absolute Gasteiger partial charge is 0.272 e. The molecule has 0 amide bonds. The summed E-state index contributed by atoms with van der Waals surface area (Å²) in [7, 11) is 0. The Morgan fingerprint density at radius 1 is 1.25 bits per heavy atom. The summed E-state index contributed by atoms with van der Waals surface area (Å²) in [5, 5.41) is 10.7. The Balaban J connectivity index is 2.33. The van der Waals surface area contributed by atoms with E-state index in [1.54, 1.807) is 18.2 Å². The highest BCUT2D eigenvalue weighted by molar-refractivity contribution is 6.21. The third kappa shape index (κ3) is 2.70. The van der Waals surface area contributed by atoms with E-state index in [9.17, 15) is 10.1 Å². The molecular weight excluding hydrogens is 278 g/mol. The first-order valence-corrected chi connectivity index (χ1v) is 6.78. The summed E-state index contributed by atoms with van der Waals surface area (Å²) in [6.07, 6.45) is 0.402. The van der Waals surface area contributed by atoms with Crippen molar-refractivity contribution in [3.05, 3.63) is 62.6 Å². The fourth-order valence-electron chi connectivity index (χ4n) is 2.43. The fraction of sp³-hybridized carbons (Fsp3) is 0.333. The number of hydrogen-bond donors (Lipinski definition) is 0. The lowest BCUT2D eigenvalue weighted by atomic mass is 10.00. The summed E-state index contributed by atoms with van der Waals surface area (Å²) in [4.78, 5) is 10.6. The van der Waals surface area contributed by atoms with Crippen LogP contribution in [0.25, 0.3) is 0 Å². The highest BCUT2D eigenvalue weighted by Crippen LogP contribution is 2.35. The highest BCUT2D eigenvalue weighted by atomic mass is 35.5. The third-order valence-electron chi connectivity index (χ3n) is 3.52. The Morgan fingerprint density at radius 2 is 1.90 bits per heavy atom. The minimum absolute atomic E-state index is 0.105. The number of rotatable bonds is 4. The summed E-state index contributed by atoms with van der Waals surface area (Å²) >= 11 is 6.46. The molecule has 0 saturated carbocycles. The van der Waals surface area contributed by atoms with Gasteiger partial charge in [-0.3, -0.25) is 10.1 Å². The molecule has 20 heavy (non-hydrogen) atoms. The summed E-state index contributed by atoms with van der Waals surface area (Å²) in [5.74, 6) is 1.62. The lowest BCUT2D eigenvalue weighted by Gasteiger charge is -2.10. The van der Waals surface area contributed by atoms with Gasteiger partial charge in [0.1, 0.15) is 11.5 Å². The van der Waals surface area contributed by atoms with Gasteiger partial charge in [0.05, 0.1) is 10.3 Å². The molecule has 0 aliphatic heterocycles. The molecule has 2 rings (SSSR count). The van der Waals surface area contributed by atoms with E-state index in [1.165, 1.54) is 6.07 Å². The lowest BCUT2D eigenvalue weighted by Crippen LogP contribution is -2.01. The lowest BCUT2D eigenvalue weighted by molar-refractivity contribution is -0.385. The normalized spacial score (nSPS) is 12.4. The van der Waals surface area contributed by atoms with E-state index in [-0.39, 0.29) is 16.0 Å². The molecule has 4 nitrogen and oxygen atoms in total. The van der Waals surface area contributed by atoms with Crippen molar-refractivity contribution in [2.45, 2.75) is 32.6 Å². The molecular formula is C15H16ClNO3. The second-order valence-electron chi connectivity index (χ2n) is 4.81. The summed E-state index contributed by atoms with van der Waals surface area (Å²) < 4.78 is 5.56. The Kier molecular flexibility index (Phi) is 4.14. The Hall–Kier alpha value is -1.81. The molecule has 0 aliphatic rings. The largest absolute Gasteiger partial charge is 0.466 e. The number of hydrogen-bond acceptors (Lipinski definition) is 3. The minimum atomic E-state index is -0.376. The van der Waals surface area contributed by atoms with E-state index in [0.29, 0.717) is 12.0 Å². The Bertz CT molecular complexity index is 649. The molecule has 2 aromatic rings. The molecule has 5 heteroatoms. The number of aryl methyl sites for hydroxylation is 2. The number of nitro benzene ring substituents is 1. The summed E-state index contributed by atoms with van der Waals surface area (Å²) in [6.45, 7) is 5.71. The van der Waals surface area contributed by atoms with Gasteiger partial charge in [0, 0.05) is 17.2 Å². The number of nitro groups is 1. The maximum Gasteiger partial charge on any atom is 0.272 e. The molecule has 1 heterocycles. The van der Waals surface area contributed by atoms with Gasteiger partial charge >= 0.3 is 0 Å². The van der Waals surface area contributed by atoms with Crippen LogP contribution in [-0.2, 0) is 6.42 Å². The van der Waals surface area contributed by atoms with Crippen LogP contribution in [0.2, 0.25) is 0 Å². The summed E-state index contributed by atoms with van der Waals surface area (Å²) in [6, 6.07) is 6.68. The molecule has 1 unspecified atom stereocenters. The van der Waals surface area contributed by atoms with Crippen molar-refractivity contribution in [2.24, 2.45) is 0 Å². The monoisotopic (exact) mass is 293 g/mol. The second-order valence-corrected chi connectivity index (χ2v) is 5.34. The van der Waals surface area contributed by atoms with Gasteiger partial charge in [-0.2, -0.15) is 0 Å². The summed E-state index contributed by atoms with van der Waals surface area (Å²) in [5.41, 5.74) is 2.69. The third-order valence-corrected chi connectivity index (χ3v) is 3.89. The predicted octanol–water partition coefficient (Wildman–Crippen LogP) is 4.64. The molecule has 0 bridgehead atoms. The average Bonchev–Trinajstić information content (AvgIpc) is 2.63. The van der Waals surface area contributed by atoms with Gasteiger partial charge in [-0.15, -0.1) is 11.6 Å². The fourth-order valence-corrected chi connectivity index (χ4v) is 2.91. The van der Waals surface area contributed by atoms with Gasteiger partial charge in [-0.25, -0.2) is 0 Å². The zero-order valence-electron chi connectivity index (χ0n) is 11.6. The minimum Gasteiger partial charge on any atom is -0.466 e. The van der Waals surface area contributed by atoms with E-state index >= 15 is 0 Å². The maximum atomic E-state index is 11.0. The molecule has 0 fully saturated rings. The molecule has 0 spiro atoms. The number of para-hydroxylation sites is 1. The number of nitrogens with zero attached hydrogens (tertiary/aromatic N) is 1. The molecule has 1 aromatic carbocycles. The molecule has 0 N–H and O–H groups in total. The van der Waals surface area contributed by atoms with Crippen LogP contribution in [0.1, 0.15) is 33.6 Å². The SMILES string of the molecule is Cc1oc(C)c(C(Cl)Cc2ccccc2[N+](=O)[O-])c1C. The molecule has 0 aliphatic carbocycles. The quantitative estimate of drug-likeness (QED) is 0.469. The highest BCUT2D eigenvalue weighted by Gasteiger charge is 2.22. The van der Waals surface area contributed by atoms with Gasteiger partial charge in [0.2, 0.25) is 0 Å². The maximum absolute atomic E-state index is 11.0. The van der Waals surface area contributed by atoms with E-state index in [4.69, 9.17) is 16.0 Å². The first kappa shape index (κ1) is 14.6. The first-order chi connectivity index (χ1) is 9.41. The van der Waals surface area contributed by atoms with E-state index in [0.717, 1.165) is 22.6 Å². The van der Waals surface area contributed by atoms with E-state index in [2.05, 4.69) is 0 Å². The van der Waals surface area contributed by atoms with Gasteiger partial charge < -0.3 is 4.42 Å². The Labute approximate surface area is 122 Å². The van der Waals surface area contributed by atoms with Crippen LogP contribution >= 0.6 is 11.6 Å². The Morgan fingerprint density at radius 3 is 2.45 bits per heavy atom. The van der Waals surface area contributed by atoms with Crippen LogP contribution in [0.5, 0.6) is 0 Å². The van der Waals surface area contributed by atoms with Crippen molar-refractivity contribution in [1.82, 2.24) is 0 Å². The van der Waals surface area contributed by atoms with Crippen molar-refractivity contribution in [3.8, 4) is 0 Å². The van der Waals surface area contributed by atoms with Crippen LogP contribution in [0.4, 0.5) is 5.69 Å². The molecule has 0 radical (unpaired) electrons. The van der Waals surface area contributed by atoms with Crippen molar-refractivity contribution < 1.29 is 9.34 Å². The number of benzene rings is 1. The molecule has 1 aromatic heterocycles. The van der Waals surface area contributed by atoms with Crippen molar-refractivity contribution >= 4 is 17.3 Å². The number of alkyl halides is 1. The average molecular weight is 294 g/mol. The number of furan rings is 1. The molecule has 106 valence electrons. The number of halogens is 1. The molecule has 0 saturated heterocycles. The van der Waals surface area contributed by atoms with Crippen LogP contribution < -0.4 is 0 Å². The van der Waals surface area contributed by atoms with Crippen LogP contribution in [0, 0.1) is 30.9 Å². The van der Waals surface area contributed by atoms with Crippen molar-refractivity contribution in [1.29, 1.82) is 0 Å².